The lowest BCUT2D eigenvalue weighted by atomic mass is 10.1. The number of aromatic nitrogens is 4. The summed E-state index contributed by atoms with van der Waals surface area (Å²) in [5.74, 6) is 0.249. The molecular formula is C23H25N5O2S. The number of aromatic amines is 1. The van der Waals surface area contributed by atoms with Crippen LogP contribution in [0, 0.1) is 12.8 Å². The van der Waals surface area contributed by atoms with Gasteiger partial charge < -0.3 is 4.57 Å². The van der Waals surface area contributed by atoms with E-state index >= 15 is 0 Å². The van der Waals surface area contributed by atoms with Crippen LogP contribution in [-0.4, -0.2) is 45.1 Å². The molecule has 8 heteroatoms. The maximum Gasteiger partial charge on any atom is 0.243 e. The molecule has 31 heavy (non-hydrogen) atoms. The predicted molar refractivity (Wildman–Crippen MR) is 120 cm³/mol. The number of rotatable bonds is 5. The minimum absolute atomic E-state index is 0.0249. The van der Waals surface area contributed by atoms with Gasteiger partial charge in [-0.1, -0.05) is 12.1 Å². The van der Waals surface area contributed by atoms with Crippen LogP contribution in [0.15, 0.2) is 66.0 Å². The molecule has 0 radical (unpaired) electrons. The van der Waals surface area contributed by atoms with Gasteiger partial charge in [0, 0.05) is 37.1 Å². The third-order valence-electron chi connectivity index (χ3n) is 6.07. The maximum atomic E-state index is 13.2. The Morgan fingerprint density at radius 2 is 2.06 bits per heavy atom. The van der Waals surface area contributed by atoms with Crippen molar-refractivity contribution in [1.82, 2.24) is 24.1 Å². The number of fused-ring (bicyclic) bond motifs is 1. The Balaban J connectivity index is 1.36. The van der Waals surface area contributed by atoms with Gasteiger partial charge in [0.2, 0.25) is 10.0 Å². The number of pyridine rings is 1. The largest absolute Gasteiger partial charge is 0.346 e. The zero-order valence-electron chi connectivity index (χ0n) is 17.6. The summed E-state index contributed by atoms with van der Waals surface area (Å²) in [5.41, 5.74) is 4.76. The van der Waals surface area contributed by atoms with E-state index in [0.29, 0.717) is 11.4 Å². The summed E-state index contributed by atoms with van der Waals surface area (Å²) in [6.07, 6.45) is 6.47. The quantitative estimate of drug-likeness (QED) is 0.516. The van der Waals surface area contributed by atoms with Crippen molar-refractivity contribution in [3.05, 3.63) is 66.6 Å². The van der Waals surface area contributed by atoms with Crippen LogP contribution in [0.5, 0.6) is 0 Å². The fraction of sp³-hybridized carbons (Fsp3) is 0.304. The zero-order valence-corrected chi connectivity index (χ0v) is 18.4. The van der Waals surface area contributed by atoms with Crippen molar-refractivity contribution < 1.29 is 8.42 Å². The molecule has 7 nitrogen and oxygen atoms in total. The van der Waals surface area contributed by atoms with Gasteiger partial charge in [-0.3, -0.25) is 5.10 Å². The second-order valence-corrected chi connectivity index (χ2v) is 10.3. The summed E-state index contributed by atoms with van der Waals surface area (Å²) < 4.78 is 30.3. The zero-order chi connectivity index (χ0) is 21.6. The molecule has 0 spiro atoms. The highest BCUT2D eigenvalue weighted by Gasteiger charge is 2.38. The molecule has 1 aromatic carbocycles. The molecule has 1 saturated heterocycles. The van der Waals surface area contributed by atoms with Gasteiger partial charge in [0.15, 0.2) is 0 Å². The molecular weight excluding hydrogens is 410 g/mol. The SMILES string of the molecule is Cc1cccc(S(=O)(=O)N2C[C@H](Cn3ccc4nc(-c5cn[nH]c5)ccc43)C[C@H]2C)c1. The standard InChI is InChI=1S/C23H25N5O2S/c1-16-4-3-5-20(10-16)31(29,30)28-15-18(11-17(28)2)14-27-9-8-22-23(27)7-6-21(26-22)19-12-24-25-13-19/h3-10,12-13,17-18H,11,14-15H2,1-2H3,(H,24,25)/t17-,18+/m1/s1. The Kier molecular flexibility index (Phi) is 4.91. The van der Waals surface area contributed by atoms with Crippen molar-refractivity contribution in [2.75, 3.05) is 6.54 Å². The van der Waals surface area contributed by atoms with Crippen molar-refractivity contribution in [3.63, 3.8) is 0 Å². The molecule has 1 N–H and O–H groups in total. The lowest BCUT2D eigenvalue weighted by Gasteiger charge is -2.21. The molecule has 5 rings (SSSR count). The first-order valence-corrected chi connectivity index (χ1v) is 11.9. The molecule has 160 valence electrons. The lowest BCUT2D eigenvalue weighted by Crippen LogP contribution is -2.34. The first-order chi connectivity index (χ1) is 14.9. The number of H-pyrrole nitrogens is 1. The number of benzene rings is 1. The summed E-state index contributed by atoms with van der Waals surface area (Å²) in [5, 5.41) is 6.80. The van der Waals surface area contributed by atoms with E-state index in [2.05, 4.69) is 20.8 Å². The average Bonchev–Trinajstić information content (AvgIpc) is 3.49. The van der Waals surface area contributed by atoms with Crippen LogP contribution in [-0.2, 0) is 16.6 Å². The molecule has 0 saturated carbocycles. The van der Waals surface area contributed by atoms with Gasteiger partial charge in [0.25, 0.3) is 0 Å². The van der Waals surface area contributed by atoms with Crippen LogP contribution in [0.1, 0.15) is 18.9 Å². The van der Waals surface area contributed by atoms with Gasteiger partial charge in [0.05, 0.1) is 27.8 Å². The first kappa shape index (κ1) is 20.0. The number of nitrogens with one attached hydrogen (secondary N) is 1. The number of nitrogens with zero attached hydrogens (tertiary/aromatic N) is 4. The van der Waals surface area contributed by atoms with E-state index in [-0.39, 0.29) is 12.0 Å². The molecule has 4 aromatic rings. The van der Waals surface area contributed by atoms with Gasteiger partial charge in [-0.2, -0.15) is 9.40 Å². The molecule has 4 heterocycles. The van der Waals surface area contributed by atoms with E-state index in [9.17, 15) is 8.42 Å². The van der Waals surface area contributed by atoms with Gasteiger partial charge in [-0.25, -0.2) is 13.4 Å². The molecule has 1 aliphatic heterocycles. The third kappa shape index (κ3) is 3.66. The van der Waals surface area contributed by atoms with Crippen molar-refractivity contribution >= 4 is 21.1 Å². The van der Waals surface area contributed by atoms with Crippen LogP contribution in [0.3, 0.4) is 0 Å². The maximum absolute atomic E-state index is 13.2. The van der Waals surface area contributed by atoms with Crippen LogP contribution in [0.4, 0.5) is 0 Å². The Morgan fingerprint density at radius 3 is 2.84 bits per heavy atom. The number of aryl methyl sites for hydroxylation is 1. The molecule has 2 atom stereocenters. The van der Waals surface area contributed by atoms with Gasteiger partial charge in [0.1, 0.15) is 0 Å². The molecule has 0 amide bonds. The van der Waals surface area contributed by atoms with Crippen molar-refractivity contribution in [2.45, 2.75) is 37.8 Å². The molecule has 3 aromatic heterocycles. The van der Waals surface area contributed by atoms with Gasteiger partial charge >= 0.3 is 0 Å². The normalized spacial score (nSPS) is 19.9. The van der Waals surface area contributed by atoms with Gasteiger partial charge in [-0.15, -0.1) is 0 Å². The molecule has 1 fully saturated rings. The van der Waals surface area contributed by atoms with Crippen LogP contribution in [0.25, 0.3) is 22.3 Å². The highest BCUT2D eigenvalue weighted by molar-refractivity contribution is 7.89. The number of hydrogen-bond donors (Lipinski definition) is 1. The highest BCUT2D eigenvalue weighted by atomic mass is 32.2. The monoisotopic (exact) mass is 435 g/mol. The van der Waals surface area contributed by atoms with Gasteiger partial charge in [-0.05, 0) is 62.1 Å². The second kappa shape index (κ2) is 7.62. The van der Waals surface area contributed by atoms with E-state index in [0.717, 1.165) is 40.8 Å². The summed E-state index contributed by atoms with van der Waals surface area (Å²) in [4.78, 5) is 5.12. The van der Waals surface area contributed by atoms with Crippen molar-refractivity contribution in [1.29, 1.82) is 0 Å². The number of hydrogen-bond acceptors (Lipinski definition) is 4. The van der Waals surface area contributed by atoms with E-state index in [4.69, 9.17) is 4.98 Å². The summed E-state index contributed by atoms with van der Waals surface area (Å²) in [6.45, 7) is 5.20. The smallest absolute Gasteiger partial charge is 0.243 e. The Labute approximate surface area is 181 Å². The molecule has 0 unspecified atom stereocenters. The fourth-order valence-corrected chi connectivity index (χ4v) is 6.37. The predicted octanol–water partition coefficient (Wildman–Crippen LogP) is 3.83. The summed E-state index contributed by atoms with van der Waals surface area (Å²) in [6, 6.07) is 13.2. The van der Waals surface area contributed by atoms with E-state index < -0.39 is 10.0 Å². The fourth-order valence-electron chi connectivity index (χ4n) is 4.55. The van der Waals surface area contributed by atoms with Crippen molar-refractivity contribution in [3.8, 4) is 11.3 Å². The molecule has 1 aliphatic rings. The minimum atomic E-state index is -3.49. The summed E-state index contributed by atoms with van der Waals surface area (Å²) in [7, 11) is -3.49. The lowest BCUT2D eigenvalue weighted by molar-refractivity contribution is 0.399. The summed E-state index contributed by atoms with van der Waals surface area (Å²) >= 11 is 0. The Hall–Kier alpha value is -2.97. The van der Waals surface area contributed by atoms with Crippen LogP contribution < -0.4 is 0 Å². The second-order valence-electron chi connectivity index (χ2n) is 8.40. The Morgan fingerprint density at radius 1 is 1.19 bits per heavy atom. The van der Waals surface area contributed by atoms with Crippen molar-refractivity contribution in [2.24, 2.45) is 5.92 Å². The minimum Gasteiger partial charge on any atom is -0.346 e. The topological polar surface area (TPSA) is 83.9 Å². The average molecular weight is 436 g/mol. The Bertz CT molecular complexity index is 1330. The number of sulfonamides is 1. The van der Waals surface area contributed by atoms with Crippen LogP contribution in [0.2, 0.25) is 0 Å². The third-order valence-corrected chi connectivity index (χ3v) is 8.05. The highest BCUT2D eigenvalue weighted by Crippen LogP contribution is 2.31. The van der Waals surface area contributed by atoms with E-state index in [1.54, 1.807) is 28.7 Å². The van der Waals surface area contributed by atoms with Crippen LogP contribution >= 0.6 is 0 Å². The first-order valence-electron chi connectivity index (χ1n) is 10.5. The van der Waals surface area contributed by atoms with E-state index in [1.807, 2.05) is 44.4 Å². The molecule has 0 aliphatic carbocycles. The van der Waals surface area contributed by atoms with E-state index in [1.165, 1.54) is 0 Å². The molecule has 0 bridgehead atoms.